The molecule has 1 fully saturated rings. The second-order valence-corrected chi connectivity index (χ2v) is 5.70. The number of rotatable bonds is 5. The third-order valence-corrected chi connectivity index (χ3v) is 4.05. The highest BCUT2D eigenvalue weighted by Gasteiger charge is 2.23. The van der Waals surface area contributed by atoms with E-state index in [9.17, 15) is 14.9 Å². The van der Waals surface area contributed by atoms with Gasteiger partial charge in [0.1, 0.15) is 5.69 Å². The quantitative estimate of drug-likeness (QED) is 0.475. The molecule has 0 aromatic heterocycles. The average molecular weight is 305 g/mol. The van der Waals surface area contributed by atoms with Gasteiger partial charge in [-0.05, 0) is 45.0 Å². The zero-order valence-corrected chi connectivity index (χ0v) is 13.2. The van der Waals surface area contributed by atoms with E-state index in [0.29, 0.717) is 11.3 Å². The molecule has 0 radical (unpaired) electrons. The molecule has 1 aliphatic rings. The van der Waals surface area contributed by atoms with Crippen LogP contribution in [0, 0.1) is 10.1 Å². The number of nitro groups is 1. The molecule has 6 nitrogen and oxygen atoms in total. The molecule has 1 aromatic carbocycles. The Hall–Kier alpha value is -1.95. The van der Waals surface area contributed by atoms with E-state index in [4.69, 9.17) is 0 Å². The number of anilines is 1. The van der Waals surface area contributed by atoms with E-state index in [2.05, 4.69) is 16.7 Å². The first-order valence-corrected chi connectivity index (χ1v) is 7.79. The van der Waals surface area contributed by atoms with Crippen LogP contribution in [0.1, 0.15) is 37.0 Å². The first-order chi connectivity index (χ1) is 10.5. The van der Waals surface area contributed by atoms with Gasteiger partial charge in [0.2, 0.25) is 0 Å². The maximum Gasteiger partial charge on any atom is 0.293 e. The predicted octanol–water partition coefficient (Wildman–Crippen LogP) is 2.72. The van der Waals surface area contributed by atoms with Crippen molar-refractivity contribution in [3.8, 4) is 0 Å². The number of hydrogen-bond donors (Lipinski definition) is 0. The maximum absolute atomic E-state index is 11.4. The minimum absolute atomic E-state index is 0.0247. The third-order valence-electron chi connectivity index (χ3n) is 4.05. The monoisotopic (exact) mass is 305 g/mol. The van der Waals surface area contributed by atoms with Crippen molar-refractivity contribution in [2.75, 3.05) is 37.6 Å². The molecule has 0 atom stereocenters. The van der Waals surface area contributed by atoms with Crippen molar-refractivity contribution in [1.82, 2.24) is 4.90 Å². The van der Waals surface area contributed by atoms with Crippen molar-refractivity contribution in [2.45, 2.75) is 26.7 Å². The molecule has 0 unspecified atom stereocenters. The van der Waals surface area contributed by atoms with Crippen molar-refractivity contribution < 1.29 is 9.72 Å². The molecule has 22 heavy (non-hydrogen) atoms. The Morgan fingerprint density at radius 3 is 2.68 bits per heavy atom. The molecule has 1 saturated heterocycles. The average Bonchev–Trinajstić information content (AvgIpc) is 2.72. The summed E-state index contributed by atoms with van der Waals surface area (Å²) in [5.41, 5.74) is 1.03. The van der Waals surface area contributed by atoms with Gasteiger partial charge in [-0.1, -0.05) is 6.92 Å². The van der Waals surface area contributed by atoms with Crippen LogP contribution in [0.15, 0.2) is 18.2 Å². The van der Waals surface area contributed by atoms with E-state index < -0.39 is 4.92 Å². The van der Waals surface area contributed by atoms with Gasteiger partial charge in [-0.25, -0.2) is 0 Å². The Labute approximate surface area is 130 Å². The molecule has 2 rings (SSSR count). The third kappa shape index (κ3) is 3.82. The molecule has 1 heterocycles. The summed E-state index contributed by atoms with van der Waals surface area (Å²) >= 11 is 0. The summed E-state index contributed by atoms with van der Waals surface area (Å²) in [6.07, 6.45) is 2.11. The summed E-state index contributed by atoms with van der Waals surface area (Å²) in [5, 5.41) is 11.3. The SMILES string of the molecule is CCCN1CCCN(c2ccc(C(C)=O)cc2[N+](=O)[O-])CC1. The molecule has 1 aromatic rings. The molecule has 0 spiro atoms. The van der Waals surface area contributed by atoms with Crippen molar-refractivity contribution in [2.24, 2.45) is 0 Å². The molecule has 1 aliphatic heterocycles. The van der Waals surface area contributed by atoms with Crippen molar-refractivity contribution >= 4 is 17.2 Å². The lowest BCUT2D eigenvalue weighted by molar-refractivity contribution is -0.384. The normalized spacial score (nSPS) is 16.4. The lowest BCUT2D eigenvalue weighted by Crippen LogP contribution is -2.31. The largest absolute Gasteiger partial charge is 0.365 e. The van der Waals surface area contributed by atoms with E-state index in [-0.39, 0.29) is 11.5 Å². The van der Waals surface area contributed by atoms with Crippen molar-refractivity contribution in [3.05, 3.63) is 33.9 Å². The van der Waals surface area contributed by atoms with Gasteiger partial charge < -0.3 is 9.80 Å². The summed E-state index contributed by atoms with van der Waals surface area (Å²) < 4.78 is 0. The van der Waals surface area contributed by atoms with E-state index in [1.54, 1.807) is 12.1 Å². The zero-order chi connectivity index (χ0) is 16.1. The molecule has 0 amide bonds. The minimum Gasteiger partial charge on any atom is -0.365 e. The van der Waals surface area contributed by atoms with Gasteiger partial charge in [-0.2, -0.15) is 0 Å². The number of nitro benzene ring substituents is 1. The van der Waals surface area contributed by atoms with Gasteiger partial charge in [0.15, 0.2) is 5.78 Å². The Balaban J connectivity index is 2.24. The number of carbonyl (C=O) groups is 1. The van der Waals surface area contributed by atoms with Gasteiger partial charge in [0.05, 0.1) is 4.92 Å². The molecular formula is C16H23N3O3. The molecule has 0 saturated carbocycles. The van der Waals surface area contributed by atoms with Crippen LogP contribution >= 0.6 is 0 Å². The van der Waals surface area contributed by atoms with Gasteiger partial charge >= 0.3 is 0 Å². The Morgan fingerprint density at radius 2 is 2.05 bits per heavy atom. The van der Waals surface area contributed by atoms with Crippen LogP contribution in [0.2, 0.25) is 0 Å². The first-order valence-electron chi connectivity index (χ1n) is 7.79. The van der Waals surface area contributed by atoms with Gasteiger partial charge in [0, 0.05) is 31.3 Å². The number of hydrogen-bond acceptors (Lipinski definition) is 5. The second kappa shape index (κ2) is 7.35. The summed E-state index contributed by atoms with van der Waals surface area (Å²) in [7, 11) is 0. The zero-order valence-electron chi connectivity index (χ0n) is 13.2. The molecule has 120 valence electrons. The predicted molar refractivity (Wildman–Crippen MR) is 86.7 cm³/mol. The van der Waals surface area contributed by atoms with E-state index >= 15 is 0 Å². The lowest BCUT2D eigenvalue weighted by Gasteiger charge is -2.23. The van der Waals surface area contributed by atoms with Gasteiger partial charge in [-0.3, -0.25) is 14.9 Å². The fourth-order valence-corrected chi connectivity index (χ4v) is 2.91. The summed E-state index contributed by atoms with van der Waals surface area (Å²) in [6, 6.07) is 4.79. The van der Waals surface area contributed by atoms with Gasteiger partial charge in [-0.15, -0.1) is 0 Å². The number of nitrogens with zero attached hydrogens (tertiary/aromatic N) is 3. The van der Waals surface area contributed by atoms with Crippen LogP contribution in [0.3, 0.4) is 0 Å². The molecular weight excluding hydrogens is 282 g/mol. The van der Waals surface area contributed by atoms with Gasteiger partial charge in [0.25, 0.3) is 5.69 Å². The topological polar surface area (TPSA) is 66.7 Å². The van der Waals surface area contributed by atoms with E-state index in [0.717, 1.165) is 45.6 Å². The minimum atomic E-state index is -0.392. The maximum atomic E-state index is 11.4. The smallest absolute Gasteiger partial charge is 0.293 e. The van der Waals surface area contributed by atoms with Crippen LogP contribution in [0.25, 0.3) is 0 Å². The standard InChI is InChI=1S/C16H23N3O3/c1-3-7-17-8-4-9-18(11-10-17)15-6-5-14(13(2)20)12-16(15)19(21)22/h5-6,12H,3-4,7-11H2,1-2H3. The Bertz CT molecular complexity index is 560. The van der Waals surface area contributed by atoms with Crippen LogP contribution in [-0.2, 0) is 0 Å². The van der Waals surface area contributed by atoms with Crippen LogP contribution < -0.4 is 4.90 Å². The summed E-state index contributed by atoms with van der Waals surface area (Å²) in [6.45, 7) is 8.18. The summed E-state index contributed by atoms with van der Waals surface area (Å²) in [4.78, 5) is 26.9. The highest BCUT2D eigenvalue weighted by atomic mass is 16.6. The van der Waals surface area contributed by atoms with Crippen molar-refractivity contribution in [1.29, 1.82) is 0 Å². The van der Waals surface area contributed by atoms with Crippen LogP contribution in [-0.4, -0.2) is 48.3 Å². The lowest BCUT2D eigenvalue weighted by atomic mass is 10.1. The molecule has 0 aliphatic carbocycles. The number of benzene rings is 1. The number of Topliss-reactive ketones (excluding diaryl/α,β-unsaturated/α-hetero) is 1. The van der Waals surface area contributed by atoms with E-state index in [1.165, 1.54) is 13.0 Å². The Morgan fingerprint density at radius 1 is 1.27 bits per heavy atom. The second-order valence-electron chi connectivity index (χ2n) is 5.70. The highest BCUT2D eigenvalue weighted by molar-refractivity contribution is 5.95. The number of carbonyl (C=O) groups excluding carboxylic acids is 1. The molecule has 0 N–H and O–H groups in total. The van der Waals surface area contributed by atoms with E-state index in [1.807, 2.05) is 0 Å². The van der Waals surface area contributed by atoms with Crippen LogP contribution in [0.4, 0.5) is 11.4 Å². The molecule has 6 heteroatoms. The first kappa shape index (κ1) is 16.4. The Kier molecular flexibility index (Phi) is 5.49. The molecule has 0 bridgehead atoms. The fraction of sp³-hybridized carbons (Fsp3) is 0.562. The van der Waals surface area contributed by atoms with Crippen LogP contribution in [0.5, 0.6) is 0 Å². The van der Waals surface area contributed by atoms with Crippen molar-refractivity contribution in [3.63, 3.8) is 0 Å². The fourth-order valence-electron chi connectivity index (χ4n) is 2.91. The number of ketones is 1. The highest BCUT2D eigenvalue weighted by Crippen LogP contribution is 2.30. The summed E-state index contributed by atoms with van der Waals surface area (Å²) in [5.74, 6) is -0.153.